The van der Waals surface area contributed by atoms with Crippen LogP contribution < -0.4 is 10.6 Å². The van der Waals surface area contributed by atoms with Crippen molar-refractivity contribution in [3.8, 4) is 0 Å². The van der Waals surface area contributed by atoms with Crippen LogP contribution in [0.15, 0.2) is 0 Å². The summed E-state index contributed by atoms with van der Waals surface area (Å²) in [5.41, 5.74) is 0. The largest absolute Gasteiger partial charge is 0.353 e. The highest BCUT2D eigenvalue weighted by atomic mass is 16.2. The molecule has 2 N–H and O–H groups in total. The van der Waals surface area contributed by atoms with E-state index in [4.69, 9.17) is 0 Å². The van der Waals surface area contributed by atoms with Gasteiger partial charge in [0.05, 0.1) is 0 Å². The molecule has 4 amide bonds. The molecule has 3 aliphatic rings. The molecular weight excluding hydrogens is 332 g/mol. The zero-order valence-corrected chi connectivity index (χ0v) is 15.7. The highest BCUT2D eigenvalue weighted by molar-refractivity contribution is 5.80. The minimum atomic E-state index is 0.00908. The second-order valence-corrected chi connectivity index (χ2v) is 7.85. The second kappa shape index (κ2) is 9.24. The van der Waals surface area contributed by atoms with Crippen molar-refractivity contribution in [3.63, 3.8) is 0 Å². The number of carbonyl (C=O) groups excluding carboxylic acids is 3. The normalized spacial score (nSPS) is 22.5. The molecule has 1 saturated carbocycles. The fourth-order valence-electron chi connectivity index (χ4n) is 4.22. The van der Waals surface area contributed by atoms with Gasteiger partial charge < -0.3 is 20.4 Å². The molecule has 146 valence electrons. The van der Waals surface area contributed by atoms with Gasteiger partial charge in [-0.3, -0.25) is 9.59 Å². The summed E-state index contributed by atoms with van der Waals surface area (Å²) >= 11 is 0. The van der Waals surface area contributed by atoms with E-state index in [1.807, 2.05) is 4.90 Å². The van der Waals surface area contributed by atoms with E-state index in [9.17, 15) is 14.4 Å². The number of piperidine rings is 1. The topological polar surface area (TPSA) is 81.8 Å². The van der Waals surface area contributed by atoms with Crippen molar-refractivity contribution in [2.75, 3.05) is 26.2 Å². The summed E-state index contributed by atoms with van der Waals surface area (Å²) < 4.78 is 0. The van der Waals surface area contributed by atoms with Crippen LogP contribution in [0.5, 0.6) is 0 Å². The minimum Gasteiger partial charge on any atom is -0.353 e. The molecule has 7 heteroatoms. The van der Waals surface area contributed by atoms with Crippen LogP contribution in [0.4, 0.5) is 4.79 Å². The first-order valence-corrected chi connectivity index (χ1v) is 10.2. The molecule has 3 rings (SSSR count). The molecule has 2 aliphatic heterocycles. The van der Waals surface area contributed by atoms with E-state index in [0.29, 0.717) is 38.5 Å². The monoisotopic (exact) mass is 364 g/mol. The van der Waals surface area contributed by atoms with Gasteiger partial charge in [0.2, 0.25) is 11.8 Å². The van der Waals surface area contributed by atoms with Crippen LogP contribution in [0.3, 0.4) is 0 Å². The maximum absolute atomic E-state index is 12.4. The average molecular weight is 364 g/mol. The molecule has 3 fully saturated rings. The van der Waals surface area contributed by atoms with E-state index in [-0.39, 0.29) is 23.9 Å². The zero-order chi connectivity index (χ0) is 18.4. The summed E-state index contributed by atoms with van der Waals surface area (Å²) in [7, 11) is 0. The lowest BCUT2D eigenvalue weighted by atomic mass is 9.95. The van der Waals surface area contributed by atoms with Gasteiger partial charge in [0, 0.05) is 51.1 Å². The number of amides is 4. The van der Waals surface area contributed by atoms with Crippen LogP contribution >= 0.6 is 0 Å². The molecular formula is C19H32N4O3. The number of urea groups is 1. The number of rotatable bonds is 5. The summed E-state index contributed by atoms with van der Waals surface area (Å²) in [5.74, 6) is 0.171. The van der Waals surface area contributed by atoms with E-state index >= 15 is 0 Å². The SMILES string of the molecule is O=C(CCN1CCCC1=O)NC1CCN(C(=O)NC2CCCCC2)CC1. The van der Waals surface area contributed by atoms with Crippen molar-refractivity contribution in [2.24, 2.45) is 0 Å². The molecule has 0 bridgehead atoms. The summed E-state index contributed by atoms with van der Waals surface area (Å²) in [6.45, 7) is 2.68. The van der Waals surface area contributed by atoms with Crippen LogP contribution in [-0.2, 0) is 9.59 Å². The Morgan fingerprint density at radius 1 is 0.885 bits per heavy atom. The number of carbonyl (C=O) groups is 3. The van der Waals surface area contributed by atoms with Crippen molar-refractivity contribution < 1.29 is 14.4 Å². The van der Waals surface area contributed by atoms with Gasteiger partial charge in [0.15, 0.2) is 0 Å². The van der Waals surface area contributed by atoms with Crippen LogP contribution in [0.1, 0.15) is 64.2 Å². The third-order valence-electron chi connectivity index (χ3n) is 5.86. The standard InChI is InChI=1S/C19H32N4O3/c24-17(10-14-22-11-4-7-18(22)25)20-16-8-12-23(13-9-16)19(26)21-15-5-2-1-3-6-15/h15-16H,1-14H2,(H,20,24)(H,21,26). The Kier molecular flexibility index (Phi) is 6.74. The fourth-order valence-corrected chi connectivity index (χ4v) is 4.22. The lowest BCUT2D eigenvalue weighted by Crippen LogP contribution is -2.51. The van der Waals surface area contributed by atoms with Gasteiger partial charge in [-0.25, -0.2) is 4.79 Å². The molecule has 0 aromatic carbocycles. The highest BCUT2D eigenvalue weighted by Crippen LogP contribution is 2.18. The van der Waals surface area contributed by atoms with Crippen LogP contribution in [0.25, 0.3) is 0 Å². The molecule has 1 aliphatic carbocycles. The molecule has 0 unspecified atom stereocenters. The van der Waals surface area contributed by atoms with E-state index in [1.165, 1.54) is 19.3 Å². The lowest BCUT2D eigenvalue weighted by molar-refractivity contribution is -0.128. The van der Waals surface area contributed by atoms with Gasteiger partial charge in [-0.15, -0.1) is 0 Å². The van der Waals surface area contributed by atoms with E-state index < -0.39 is 0 Å². The summed E-state index contributed by atoms with van der Waals surface area (Å²) in [4.78, 5) is 39.7. The van der Waals surface area contributed by atoms with Gasteiger partial charge in [-0.05, 0) is 32.1 Å². The lowest BCUT2D eigenvalue weighted by Gasteiger charge is -2.34. The summed E-state index contributed by atoms with van der Waals surface area (Å²) in [6.07, 6.45) is 9.38. The summed E-state index contributed by atoms with van der Waals surface area (Å²) in [6, 6.07) is 0.520. The molecule has 0 spiro atoms. The van der Waals surface area contributed by atoms with Crippen LogP contribution in [0, 0.1) is 0 Å². The molecule has 0 aromatic heterocycles. The predicted molar refractivity (Wildman–Crippen MR) is 98.6 cm³/mol. The quantitative estimate of drug-likeness (QED) is 0.778. The maximum atomic E-state index is 12.4. The smallest absolute Gasteiger partial charge is 0.317 e. The molecule has 2 heterocycles. The van der Waals surface area contributed by atoms with Crippen molar-refractivity contribution in [3.05, 3.63) is 0 Å². The van der Waals surface area contributed by atoms with Gasteiger partial charge in [-0.2, -0.15) is 0 Å². The van der Waals surface area contributed by atoms with E-state index in [2.05, 4.69) is 10.6 Å². The molecule has 0 atom stereocenters. The molecule has 26 heavy (non-hydrogen) atoms. The van der Waals surface area contributed by atoms with Crippen molar-refractivity contribution >= 4 is 17.8 Å². The minimum absolute atomic E-state index is 0.00908. The highest BCUT2D eigenvalue weighted by Gasteiger charge is 2.26. The van der Waals surface area contributed by atoms with Crippen molar-refractivity contribution in [1.82, 2.24) is 20.4 Å². The Morgan fingerprint density at radius 2 is 1.58 bits per heavy atom. The van der Waals surface area contributed by atoms with E-state index in [0.717, 1.165) is 38.6 Å². The molecule has 0 radical (unpaired) electrons. The van der Waals surface area contributed by atoms with Gasteiger partial charge >= 0.3 is 6.03 Å². The number of hydrogen-bond acceptors (Lipinski definition) is 3. The molecule has 7 nitrogen and oxygen atoms in total. The van der Waals surface area contributed by atoms with Crippen LogP contribution in [0.2, 0.25) is 0 Å². The van der Waals surface area contributed by atoms with E-state index in [1.54, 1.807) is 4.90 Å². The third-order valence-corrected chi connectivity index (χ3v) is 5.86. The maximum Gasteiger partial charge on any atom is 0.317 e. The average Bonchev–Trinajstić information content (AvgIpc) is 3.06. The number of nitrogens with one attached hydrogen (secondary N) is 2. The third kappa shape index (κ3) is 5.35. The number of likely N-dealkylation sites (tertiary alicyclic amines) is 2. The first-order chi connectivity index (χ1) is 12.6. The van der Waals surface area contributed by atoms with Crippen molar-refractivity contribution in [2.45, 2.75) is 76.3 Å². The van der Waals surface area contributed by atoms with Gasteiger partial charge in [0.25, 0.3) is 0 Å². The van der Waals surface area contributed by atoms with Gasteiger partial charge in [0.1, 0.15) is 0 Å². The molecule has 0 aromatic rings. The van der Waals surface area contributed by atoms with Crippen molar-refractivity contribution in [1.29, 1.82) is 0 Å². The molecule has 2 saturated heterocycles. The fraction of sp³-hybridized carbons (Fsp3) is 0.842. The first-order valence-electron chi connectivity index (χ1n) is 10.2. The van der Waals surface area contributed by atoms with Gasteiger partial charge in [-0.1, -0.05) is 19.3 Å². The Balaban J connectivity index is 1.32. The Hall–Kier alpha value is -1.79. The summed E-state index contributed by atoms with van der Waals surface area (Å²) in [5, 5.41) is 6.23. The Morgan fingerprint density at radius 3 is 2.23 bits per heavy atom. The predicted octanol–water partition coefficient (Wildman–Crippen LogP) is 1.62. The Bertz CT molecular complexity index is 511. The Labute approximate surface area is 155 Å². The first kappa shape index (κ1) is 19.0. The second-order valence-electron chi connectivity index (χ2n) is 7.85. The zero-order valence-electron chi connectivity index (χ0n) is 15.7. The van der Waals surface area contributed by atoms with Crippen LogP contribution in [-0.4, -0.2) is 65.9 Å². The number of nitrogens with zero attached hydrogens (tertiary/aromatic N) is 2. The number of hydrogen-bond donors (Lipinski definition) is 2.